The van der Waals surface area contributed by atoms with E-state index in [0.717, 1.165) is 17.5 Å². The van der Waals surface area contributed by atoms with Gasteiger partial charge in [0.15, 0.2) is 5.82 Å². The van der Waals surface area contributed by atoms with Crippen molar-refractivity contribution in [1.82, 2.24) is 15.0 Å². The molecular weight excluding hydrogens is 248 g/mol. The van der Waals surface area contributed by atoms with E-state index < -0.39 is 17.1 Å². The summed E-state index contributed by atoms with van der Waals surface area (Å²) in [5.41, 5.74) is 0.171. The fourth-order valence-corrected chi connectivity index (χ4v) is 1.62. The van der Waals surface area contributed by atoms with Gasteiger partial charge in [-0.15, -0.1) is 0 Å². The lowest BCUT2D eigenvalue weighted by molar-refractivity contribution is 0.447. The molecule has 0 saturated heterocycles. The number of pyridine rings is 1. The van der Waals surface area contributed by atoms with Crippen LogP contribution in [-0.2, 0) is 0 Å². The highest BCUT2D eigenvalue weighted by Gasteiger charge is 2.05. The Kier molecular flexibility index (Phi) is 3.28. The van der Waals surface area contributed by atoms with Crippen LogP contribution in [0.25, 0.3) is 0 Å². The Labute approximate surface area is 107 Å². The second kappa shape index (κ2) is 4.89. The van der Waals surface area contributed by atoms with Crippen molar-refractivity contribution in [2.45, 2.75) is 13.8 Å². The molecule has 2 rings (SSSR count). The van der Waals surface area contributed by atoms with Gasteiger partial charge in [0.1, 0.15) is 5.56 Å². The van der Waals surface area contributed by atoms with E-state index in [9.17, 15) is 14.7 Å². The Bertz CT molecular complexity index is 738. The number of aromatic amines is 2. The summed E-state index contributed by atoms with van der Waals surface area (Å²) in [6.45, 7) is 3.73. The molecule has 0 radical (unpaired) electrons. The third-order valence-corrected chi connectivity index (χ3v) is 2.37. The summed E-state index contributed by atoms with van der Waals surface area (Å²) >= 11 is 0. The Morgan fingerprint density at radius 1 is 1.26 bits per heavy atom. The maximum atomic E-state index is 11.5. The van der Waals surface area contributed by atoms with E-state index in [0.29, 0.717) is 5.82 Å². The number of aryl methyl sites for hydroxylation is 2. The van der Waals surface area contributed by atoms with Gasteiger partial charge in [-0.05, 0) is 31.5 Å². The normalized spacial score (nSPS) is 11.1. The standard InChI is InChI=1S/C12H12N4O3/c1-6-3-7(2)14-9(4-6)13-5-8-10(17)15-12(19)16-11(8)18/h3-5H,1-2H3,(H3,15,16,17,18,19). The molecule has 0 aliphatic heterocycles. The van der Waals surface area contributed by atoms with Gasteiger partial charge in [-0.25, -0.2) is 14.8 Å². The molecule has 0 fully saturated rings. The fraction of sp³-hybridized carbons (Fsp3) is 0.167. The summed E-state index contributed by atoms with van der Waals surface area (Å²) in [4.78, 5) is 34.6. The molecule has 0 bridgehead atoms. The van der Waals surface area contributed by atoms with Gasteiger partial charge >= 0.3 is 5.69 Å². The number of hydrogen-bond acceptors (Lipinski definition) is 5. The molecule has 0 amide bonds. The summed E-state index contributed by atoms with van der Waals surface area (Å²) in [6.07, 6.45) is 1.16. The van der Waals surface area contributed by atoms with Crippen LogP contribution in [0.1, 0.15) is 16.8 Å². The van der Waals surface area contributed by atoms with Crippen molar-refractivity contribution >= 4 is 12.0 Å². The average Bonchev–Trinajstić information content (AvgIpc) is 2.25. The topological polar surface area (TPSA) is 111 Å². The SMILES string of the molecule is Cc1cc(C)nc(N=Cc2c(O)[nH]c(=O)[nH]c2=O)c1. The summed E-state index contributed by atoms with van der Waals surface area (Å²) in [5, 5.41) is 9.47. The second-order valence-electron chi connectivity index (χ2n) is 4.07. The first-order chi connectivity index (χ1) is 8.95. The number of H-pyrrole nitrogens is 2. The third kappa shape index (κ3) is 2.95. The molecule has 2 aromatic rings. The predicted molar refractivity (Wildman–Crippen MR) is 70.3 cm³/mol. The van der Waals surface area contributed by atoms with Gasteiger partial charge in [-0.2, -0.15) is 0 Å². The Balaban J connectivity index is 2.43. The minimum Gasteiger partial charge on any atom is -0.494 e. The van der Waals surface area contributed by atoms with Gasteiger partial charge in [0.05, 0.1) is 0 Å². The van der Waals surface area contributed by atoms with E-state index in [2.05, 4.69) is 15.0 Å². The number of nitrogens with zero attached hydrogens (tertiary/aromatic N) is 2. The fourth-order valence-electron chi connectivity index (χ4n) is 1.62. The van der Waals surface area contributed by atoms with Crippen LogP contribution >= 0.6 is 0 Å². The number of hydrogen-bond donors (Lipinski definition) is 3. The van der Waals surface area contributed by atoms with Gasteiger partial charge in [0.25, 0.3) is 5.56 Å². The zero-order chi connectivity index (χ0) is 14.0. The van der Waals surface area contributed by atoms with Crippen LogP contribution in [0.4, 0.5) is 5.82 Å². The van der Waals surface area contributed by atoms with Gasteiger partial charge in [-0.3, -0.25) is 14.8 Å². The molecule has 2 aromatic heterocycles. The van der Waals surface area contributed by atoms with Crippen LogP contribution in [-0.4, -0.2) is 26.3 Å². The van der Waals surface area contributed by atoms with E-state index >= 15 is 0 Å². The second-order valence-corrected chi connectivity index (χ2v) is 4.07. The molecule has 7 nitrogen and oxygen atoms in total. The van der Waals surface area contributed by atoms with Crippen molar-refractivity contribution in [3.05, 3.63) is 49.8 Å². The van der Waals surface area contributed by atoms with Crippen LogP contribution < -0.4 is 11.2 Å². The van der Waals surface area contributed by atoms with E-state index in [4.69, 9.17) is 0 Å². The van der Waals surface area contributed by atoms with Gasteiger partial charge in [0, 0.05) is 11.9 Å². The lowest BCUT2D eigenvalue weighted by Crippen LogP contribution is -2.24. The molecule has 0 aliphatic carbocycles. The van der Waals surface area contributed by atoms with Gasteiger partial charge in [0.2, 0.25) is 5.88 Å². The van der Waals surface area contributed by atoms with Gasteiger partial charge < -0.3 is 5.11 Å². The lowest BCUT2D eigenvalue weighted by atomic mass is 10.2. The largest absolute Gasteiger partial charge is 0.494 e. The van der Waals surface area contributed by atoms with Crippen molar-refractivity contribution in [2.75, 3.05) is 0 Å². The van der Waals surface area contributed by atoms with Crippen molar-refractivity contribution in [3.63, 3.8) is 0 Å². The predicted octanol–water partition coefficient (Wildman–Crippen LogP) is 0.531. The van der Waals surface area contributed by atoms with Crippen molar-refractivity contribution < 1.29 is 5.11 Å². The summed E-state index contributed by atoms with van der Waals surface area (Å²) in [6, 6.07) is 3.63. The molecule has 7 heteroatoms. The van der Waals surface area contributed by atoms with Crippen LogP contribution in [0.5, 0.6) is 5.88 Å². The highest BCUT2D eigenvalue weighted by atomic mass is 16.3. The molecule has 0 spiro atoms. The number of nitrogens with one attached hydrogen (secondary N) is 2. The Hall–Kier alpha value is -2.70. The Morgan fingerprint density at radius 3 is 2.63 bits per heavy atom. The van der Waals surface area contributed by atoms with E-state index in [1.165, 1.54) is 0 Å². The maximum Gasteiger partial charge on any atom is 0.328 e. The summed E-state index contributed by atoms with van der Waals surface area (Å²) in [5.74, 6) is -0.107. The molecule has 19 heavy (non-hydrogen) atoms. The van der Waals surface area contributed by atoms with E-state index in [-0.39, 0.29) is 5.56 Å². The van der Waals surface area contributed by atoms with Crippen molar-refractivity contribution in [2.24, 2.45) is 4.99 Å². The van der Waals surface area contributed by atoms with E-state index in [1.54, 1.807) is 6.07 Å². The quantitative estimate of drug-likeness (QED) is 0.684. The average molecular weight is 260 g/mol. The first kappa shape index (κ1) is 12.7. The molecule has 3 N–H and O–H groups in total. The van der Waals surface area contributed by atoms with Crippen molar-refractivity contribution in [3.8, 4) is 5.88 Å². The van der Waals surface area contributed by atoms with Crippen LogP contribution in [0, 0.1) is 13.8 Å². The highest BCUT2D eigenvalue weighted by Crippen LogP contribution is 2.12. The number of aliphatic imine (C=N–C) groups is 1. The van der Waals surface area contributed by atoms with E-state index in [1.807, 2.05) is 24.9 Å². The monoisotopic (exact) mass is 260 g/mol. The zero-order valence-corrected chi connectivity index (χ0v) is 10.4. The lowest BCUT2D eigenvalue weighted by Gasteiger charge is -1.99. The molecule has 2 heterocycles. The molecule has 0 atom stereocenters. The first-order valence-corrected chi connectivity index (χ1v) is 5.50. The highest BCUT2D eigenvalue weighted by molar-refractivity contribution is 5.83. The van der Waals surface area contributed by atoms with Crippen LogP contribution in [0.3, 0.4) is 0 Å². The Morgan fingerprint density at radius 2 is 2.00 bits per heavy atom. The third-order valence-electron chi connectivity index (χ3n) is 2.37. The minimum absolute atomic E-state index is 0.124. The summed E-state index contributed by atoms with van der Waals surface area (Å²) < 4.78 is 0. The molecular formula is C12H12N4O3. The van der Waals surface area contributed by atoms with Gasteiger partial charge in [-0.1, -0.05) is 0 Å². The van der Waals surface area contributed by atoms with Crippen molar-refractivity contribution in [1.29, 1.82) is 0 Å². The molecule has 0 aromatic carbocycles. The number of aromatic hydroxyl groups is 1. The maximum absolute atomic E-state index is 11.5. The molecule has 0 saturated carbocycles. The first-order valence-electron chi connectivity index (χ1n) is 5.50. The van der Waals surface area contributed by atoms with Crippen LogP contribution in [0.15, 0.2) is 26.7 Å². The summed E-state index contributed by atoms with van der Waals surface area (Å²) in [7, 11) is 0. The number of aromatic nitrogens is 3. The smallest absolute Gasteiger partial charge is 0.328 e. The number of rotatable bonds is 2. The minimum atomic E-state index is -0.774. The zero-order valence-electron chi connectivity index (χ0n) is 10.4. The molecule has 98 valence electrons. The van der Waals surface area contributed by atoms with Crippen LogP contribution in [0.2, 0.25) is 0 Å². The molecule has 0 aliphatic rings. The molecule has 0 unspecified atom stereocenters.